The van der Waals surface area contributed by atoms with Crippen LogP contribution in [0.1, 0.15) is 12.5 Å². The Morgan fingerprint density at radius 2 is 1.95 bits per heavy atom. The first-order chi connectivity index (χ1) is 8.83. The van der Waals surface area contributed by atoms with Crippen molar-refractivity contribution in [3.63, 3.8) is 0 Å². The SMILES string of the molecule is CC1CN(Cc2cccc3ccccc23)CCN1.Cl. The van der Waals surface area contributed by atoms with E-state index in [1.165, 1.54) is 16.3 Å². The maximum Gasteiger partial charge on any atom is 0.0241 e. The molecule has 2 aromatic rings. The number of nitrogens with zero attached hydrogens (tertiary/aromatic N) is 1. The topological polar surface area (TPSA) is 15.3 Å². The molecule has 2 aromatic carbocycles. The van der Waals surface area contributed by atoms with Crippen molar-refractivity contribution in [3.05, 3.63) is 48.0 Å². The van der Waals surface area contributed by atoms with Gasteiger partial charge in [-0.05, 0) is 23.3 Å². The Labute approximate surface area is 121 Å². The Morgan fingerprint density at radius 1 is 1.16 bits per heavy atom. The van der Waals surface area contributed by atoms with Crippen molar-refractivity contribution in [2.24, 2.45) is 0 Å². The molecular formula is C16H21ClN2. The van der Waals surface area contributed by atoms with Gasteiger partial charge in [0.05, 0.1) is 0 Å². The van der Waals surface area contributed by atoms with Gasteiger partial charge in [-0.2, -0.15) is 0 Å². The lowest BCUT2D eigenvalue weighted by atomic mass is 10.0. The summed E-state index contributed by atoms with van der Waals surface area (Å²) in [5.74, 6) is 0. The number of halogens is 1. The molecule has 102 valence electrons. The van der Waals surface area contributed by atoms with Crippen molar-refractivity contribution in [1.82, 2.24) is 10.2 Å². The van der Waals surface area contributed by atoms with E-state index < -0.39 is 0 Å². The van der Waals surface area contributed by atoms with Gasteiger partial charge in [0.15, 0.2) is 0 Å². The molecule has 0 spiro atoms. The number of rotatable bonds is 2. The molecule has 1 N–H and O–H groups in total. The molecule has 0 aliphatic carbocycles. The molecule has 0 aromatic heterocycles. The van der Waals surface area contributed by atoms with Crippen LogP contribution >= 0.6 is 12.4 Å². The Hall–Kier alpha value is -1.09. The fourth-order valence-electron chi connectivity index (χ4n) is 2.83. The van der Waals surface area contributed by atoms with E-state index in [9.17, 15) is 0 Å². The van der Waals surface area contributed by atoms with Gasteiger partial charge in [0.2, 0.25) is 0 Å². The molecule has 1 fully saturated rings. The van der Waals surface area contributed by atoms with Gasteiger partial charge in [0, 0.05) is 32.2 Å². The third kappa shape index (κ3) is 3.27. The van der Waals surface area contributed by atoms with E-state index >= 15 is 0 Å². The van der Waals surface area contributed by atoms with Crippen LogP contribution in [0.2, 0.25) is 0 Å². The number of fused-ring (bicyclic) bond motifs is 1. The highest BCUT2D eigenvalue weighted by Crippen LogP contribution is 2.20. The second kappa shape index (κ2) is 6.38. The van der Waals surface area contributed by atoms with E-state index in [4.69, 9.17) is 0 Å². The zero-order chi connectivity index (χ0) is 12.4. The lowest BCUT2D eigenvalue weighted by Gasteiger charge is -2.32. The minimum Gasteiger partial charge on any atom is -0.312 e. The molecule has 0 bridgehead atoms. The molecule has 1 saturated heterocycles. The van der Waals surface area contributed by atoms with Crippen LogP contribution in [0.15, 0.2) is 42.5 Å². The summed E-state index contributed by atoms with van der Waals surface area (Å²) in [5, 5.41) is 6.23. The van der Waals surface area contributed by atoms with Crippen molar-refractivity contribution in [3.8, 4) is 0 Å². The summed E-state index contributed by atoms with van der Waals surface area (Å²) < 4.78 is 0. The van der Waals surface area contributed by atoms with E-state index in [0.29, 0.717) is 6.04 Å². The molecule has 1 heterocycles. The minimum atomic E-state index is 0. The smallest absolute Gasteiger partial charge is 0.0241 e. The third-order valence-electron chi connectivity index (χ3n) is 3.73. The predicted octanol–water partition coefficient (Wildman–Crippen LogP) is 3.06. The first kappa shape index (κ1) is 14.3. The monoisotopic (exact) mass is 276 g/mol. The van der Waals surface area contributed by atoms with Gasteiger partial charge in [-0.15, -0.1) is 12.4 Å². The normalized spacial score (nSPS) is 20.2. The van der Waals surface area contributed by atoms with Gasteiger partial charge < -0.3 is 5.32 Å². The van der Waals surface area contributed by atoms with Gasteiger partial charge in [0.25, 0.3) is 0 Å². The van der Waals surface area contributed by atoms with Crippen molar-refractivity contribution in [1.29, 1.82) is 0 Å². The molecule has 0 saturated carbocycles. The second-order valence-electron chi connectivity index (χ2n) is 5.23. The Morgan fingerprint density at radius 3 is 2.79 bits per heavy atom. The fourth-order valence-corrected chi connectivity index (χ4v) is 2.83. The highest BCUT2D eigenvalue weighted by molar-refractivity contribution is 5.85. The molecule has 1 atom stereocenters. The van der Waals surface area contributed by atoms with Crippen molar-refractivity contribution < 1.29 is 0 Å². The van der Waals surface area contributed by atoms with Gasteiger partial charge in [-0.3, -0.25) is 4.90 Å². The molecule has 3 rings (SSSR count). The standard InChI is InChI=1S/C16H20N2.ClH/c1-13-11-18(10-9-17-13)12-15-7-4-6-14-5-2-3-8-16(14)15;/h2-8,13,17H,9-12H2,1H3;1H. The molecule has 1 aliphatic rings. The highest BCUT2D eigenvalue weighted by atomic mass is 35.5. The molecule has 1 aliphatic heterocycles. The number of piperazine rings is 1. The summed E-state index contributed by atoms with van der Waals surface area (Å²) in [6.45, 7) is 6.71. The maximum atomic E-state index is 3.49. The minimum absolute atomic E-state index is 0. The highest BCUT2D eigenvalue weighted by Gasteiger charge is 2.16. The lowest BCUT2D eigenvalue weighted by molar-refractivity contribution is 0.200. The van der Waals surface area contributed by atoms with Gasteiger partial charge in [-0.1, -0.05) is 42.5 Å². The first-order valence-electron chi connectivity index (χ1n) is 6.75. The average Bonchev–Trinajstić information content (AvgIpc) is 2.39. The molecule has 1 unspecified atom stereocenters. The Balaban J connectivity index is 0.00000133. The van der Waals surface area contributed by atoms with E-state index in [2.05, 4.69) is 59.6 Å². The Bertz CT molecular complexity index is 536. The number of nitrogens with one attached hydrogen (secondary N) is 1. The molecule has 0 amide bonds. The van der Waals surface area contributed by atoms with Crippen LogP contribution in [-0.4, -0.2) is 30.6 Å². The largest absolute Gasteiger partial charge is 0.312 e. The fraction of sp³-hybridized carbons (Fsp3) is 0.375. The molecule has 2 nitrogen and oxygen atoms in total. The second-order valence-corrected chi connectivity index (χ2v) is 5.23. The van der Waals surface area contributed by atoms with Gasteiger partial charge >= 0.3 is 0 Å². The lowest BCUT2D eigenvalue weighted by Crippen LogP contribution is -2.48. The average molecular weight is 277 g/mol. The van der Waals surface area contributed by atoms with Crippen LogP contribution in [0, 0.1) is 0 Å². The van der Waals surface area contributed by atoms with E-state index in [1.807, 2.05) is 0 Å². The van der Waals surface area contributed by atoms with Crippen LogP contribution < -0.4 is 5.32 Å². The summed E-state index contributed by atoms with van der Waals surface area (Å²) in [4.78, 5) is 2.54. The van der Waals surface area contributed by atoms with Crippen LogP contribution in [-0.2, 0) is 6.54 Å². The summed E-state index contributed by atoms with van der Waals surface area (Å²) in [7, 11) is 0. The molecule has 19 heavy (non-hydrogen) atoms. The Kier molecular flexibility index (Phi) is 4.81. The van der Waals surface area contributed by atoms with E-state index in [1.54, 1.807) is 0 Å². The summed E-state index contributed by atoms with van der Waals surface area (Å²) in [6, 6.07) is 15.9. The first-order valence-corrected chi connectivity index (χ1v) is 6.75. The quantitative estimate of drug-likeness (QED) is 0.907. The van der Waals surface area contributed by atoms with Crippen molar-refractivity contribution in [2.45, 2.75) is 19.5 Å². The molecular weight excluding hydrogens is 256 g/mol. The van der Waals surface area contributed by atoms with Crippen LogP contribution in [0.25, 0.3) is 10.8 Å². The van der Waals surface area contributed by atoms with Crippen molar-refractivity contribution >= 4 is 23.2 Å². The zero-order valence-electron chi connectivity index (χ0n) is 11.3. The van der Waals surface area contributed by atoms with Crippen molar-refractivity contribution in [2.75, 3.05) is 19.6 Å². The number of benzene rings is 2. The van der Waals surface area contributed by atoms with Crippen LogP contribution in [0.4, 0.5) is 0 Å². The maximum absolute atomic E-state index is 3.49. The van der Waals surface area contributed by atoms with E-state index in [0.717, 1.165) is 26.2 Å². The van der Waals surface area contributed by atoms with Gasteiger partial charge in [-0.25, -0.2) is 0 Å². The molecule has 3 heteroatoms. The summed E-state index contributed by atoms with van der Waals surface area (Å²) >= 11 is 0. The van der Waals surface area contributed by atoms with Gasteiger partial charge in [0.1, 0.15) is 0 Å². The van der Waals surface area contributed by atoms with E-state index in [-0.39, 0.29) is 12.4 Å². The summed E-state index contributed by atoms with van der Waals surface area (Å²) in [5.41, 5.74) is 1.45. The zero-order valence-corrected chi connectivity index (χ0v) is 12.1. The third-order valence-corrected chi connectivity index (χ3v) is 3.73. The number of hydrogen-bond acceptors (Lipinski definition) is 2. The predicted molar refractivity (Wildman–Crippen MR) is 83.9 cm³/mol. The van der Waals surface area contributed by atoms with Crippen LogP contribution in [0.5, 0.6) is 0 Å². The summed E-state index contributed by atoms with van der Waals surface area (Å²) in [6.07, 6.45) is 0. The molecule has 0 radical (unpaired) electrons. The van der Waals surface area contributed by atoms with Crippen LogP contribution in [0.3, 0.4) is 0 Å². The number of hydrogen-bond donors (Lipinski definition) is 1.